The molecule has 4 aromatic rings. The lowest BCUT2D eigenvalue weighted by atomic mass is 10.0. The first-order valence-corrected chi connectivity index (χ1v) is 9.18. The molecule has 0 bridgehead atoms. The van der Waals surface area contributed by atoms with E-state index in [1.165, 1.54) is 10.9 Å². The second kappa shape index (κ2) is 8.36. The summed E-state index contributed by atoms with van der Waals surface area (Å²) in [6.45, 7) is 0.207. The molecule has 148 valence electrons. The van der Waals surface area contributed by atoms with Crippen molar-refractivity contribution in [1.82, 2.24) is 25.1 Å². The van der Waals surface area contributed by atoms with Crippen molar-refractivity contribution < 1.29 is 9.59 Å². The highest BCUT2D eigenvalue weighted by atomic mass is 16.2. The first-order chi connectivity index (χ1) is 14.6. The van der Waals surface area contributed by atoms with E-state index in [0.717, 1.165) is 5.56 Å². The third-order valence-corrected chi connectivity index (χ3v) is 4.46. The van der Waals surface area contributed by atoms with Crippen LogP contribution in [0.15, 0.2) is 84.0 Å². The summed E-state index contributed by atoms with van der Waals surface area (Å²) in [7, 11) is 0. The highest BCUT2D eigenvalue weighted by Gasteiger charge is 2.13. The Morgan fingerprint density at radius 1 is 0.967 bits per heavy atom. The summed E-state index contributed by atoms with van der Waals surface area (Å²) < 4.78 is 1.39. The number of hydrogen-bond donors (Lipinski definition) is 2. The van der Waals surface area contributed by atoms with Gasteiger partial charge in [0.1, 0.15) is 5.56 Å². The fraction of sp³-hybridized carbons (Fsp3) is 0.0455. The average molecular weight is 399 g/mol. The van der Waals surface area contributed by atoms with Crippen LogP contribution in [-0.2, 0) is 6.54 Å². The van der Waals surface area contributed by atoms with Gasteiger partial charge in [-0.3, -0.25) is 19.4 Å². The Bertz CT molecular complexity index is 1230. The Balaban J connectivity index is 1.40. The molecule has 0 aliphatic carbocycles. The van der Waals surface area contributed by atoms with Crippen LogP contribution in [0.1, 0.15) is 31.8 Å². The minimum Gasteiger partial charge on any atom is -0.348 e. The van der Waals surface area contributed by atoms with E-state index >= 15 is 0 Å². The van der Waals surface area contributed by atoms with Gasteiger partial charge in [-0.05, 0) is 11.6 Å². The predicted molar refractivity (Wildman–Crippen MR) is 109 cm³/mol. The van der Waals surface area contributed by atoms with Gasteiger partial charge in [0.25, 0.3) is 11.5 Å². The number of H-pyrrole nitrogens is 1. The highest BCUT2D eigenvalue weighted by molar-refractivity contribution is 6.08. The monoisotopic (exact) mass is 399 g/mol. The van der Waals surface area contributed by atoms with Crippen molar-refractivity contribution in [3.05, 3.63) is 112 Å². The summed E-state index contributed by atoms with van der Waals surface area (Å²) in [4.78, 5) is 43.6. The van der Waals surface area contributed by atoms with Crippen molar-refractivity contribution in [2.24, 2.45) is 0 Å². The van der Waals surface area contributed by atoms with Crippen LogP contribution < -0.4 is 10.9 Å². The molecular formula is C22H17N5O3. The van der Waals surface area contributed by atoms with Gasteiger partial charge >= 0.3 is 0 Å². The molecule has 2 aromatic heterocycles. The maximum absolute atomic E-state index is 12.4. The number of nitrogens with one attached hydrogen (secondary N) is 2. The number of ketones is 1. The molecule has 30 heavy (non-hydrogen) atoms. The topological polar surface area (TPSA) is 110 Å². The maximum Gasteiger partial charge on any atom is 0.265 e. The van der Waals surface area contributed by atoms with Crippen LogP contribution in [0, 0.1) is 0 Å². The molecule has 0 radical (unpaired) electrons. The van der Waals surface area contributed by atoms with Crippen molar-refractivity contribution in [1.29, 1.82) is 0 Å². The molecule has 8 nitrogen and oxygen atoms in total. The number of nitrogens with zero attached hydrogens (tertiary/aromatic N) is 3. The molecule has 0 aliphatic heterocycles. The van der Waals surface area contributed by atoms with Crippen LogP contribution >= 0.6 is 0 Å². The van der Waals surface area contributed by atoms with Gasteiger partial charge in [-0.1, -0.05) is 54.6 Å². The number of aromatic amines is 1. The normalized spacial score (nSPS) is 10.5. The largest absolute Gasteiger partial charge is 0.348 e. The lowest BCUT2D eigenvalue weighted by molar-refractivity contribution is 0.0948. The standard InChI is InChI=1S/C22H17N5O3/c28-19(16-5-2-1-3-6-16)17-9-7-15(8-10-17)13-23-20(29)18-14-24-22(26-21(18)30)27-12-4-11-25-27/h1-12,14H,13H2,(H,23,29)(H,24,26,30). The molecule has 0 fully saturated rings. The molecule has 8 heteroatoms. The minimum absolute atomic E-state index is 0.0685. The van der Waals surface area contributed by atoms with Crippen LogP contribution in [0.4, 0.5) is 0 Å². The second-order valence-electron chi connectivity index (χ2n) is 6.47. The van der Waals surface area contributed by atoms with E-state index in [9.17, 15) is 14.4 Å². The van der Waals surface area contributed by atoms with E-state index in [4.69, 9.17) is 0 Å². The van der Waals surface area contributed by atoms with Gasteiger partial charge in [-0.25, -0.2) is 9.67 Å². The van der Waals surface area contributed by atoms with E-state index in [1.54, 1.807) is 54.9 Å². The molecule has 0 spiro atoms. The molecular weight excluding hydrogens is 382 g/mol. The average Bonchev–Trinajstić information content (AvgIpc) is 3.33. The highest BCUT2D eigenvalue weighted by Crippen LogP contribution is 2.11. The summed E-state index contributed by atoms with van der Waals surface area (Å²) in [5, 5.41) is 6.66. The van der Waals surface area contributed by atoms with Crippen LogP contribution in [0.3, 0.4) is 0 Å². The third kappa shape index (κ3) is 4.07. The Kier molecular flexibility index (Phi) is 5.29. The van der Waals surface area contributed by atoms with Gasteiger partial charge < -0.3 is 5.32 Å². The number of benzene rings is 2. The van der Waals surface area contributed by atoms with Crippen molar-refractivity contribution in [2.45, 2.75) is 6.54 Å². The van der Waals surface area contributed by atoms with Crippen LogP contribution in [0.5, 0.6) is 0 Å². The Morgan fingerprint density at radius 2 is 1.70 bits per heavy atom. The molecule has 0 unspecified atom stereocenters. The quantitative estimate of drug-likeness (QED) is 0.483. The minimum atomic E-state index is -0.559. The van der Waals surface area contributed by atoms with Crippen molar-refractivity contribution in [3.63, 3.8) is 0 Å². The molecule has 0 saturated heterocycles. The van der Waals surface area contributed by atoms with Crippen molar-refractivity contribution >= 4 is 11.7 Å². The Labute approximate surface area is 171 Å². The second-order valence-corrected chi connectivity index (χ2v) is 6.47. The van der Waals surface area contributed by atoms with E-state index in [1.807, 2.05) is 18.2 Å². The molecule has 2 N–H and O–H groups in total. The predicted octanol–water partition coefficient (Wildman–Crippen LogP) is 2.12. The number of amides is 1. The number of aromatic nitrogens is 4. The molecule has 1 amide bonds. The number of rotatable bonds is 6. The van der Waals surface area contributed by atoms with E-state index in [0.29, 0.717) is 11.1 Å². The molecule has 4 rings (SSSR count). The van der Waals surface area contributed by atoms with Crippen LogP contribution in [-0.4, -0.2) is 31.4 Å². The van der Waals surface area contributed by atoms with Crippen LogP contribution in [0.25, 0.3) is 5.95 Å². The molecule has 0 atom stereocenters. The van der Waals surface area contributed by atoms with Crippen LogP contribution in [0.2, 0.25) is 0 Å². The summed E-state index contributed by atoms with van der Waals surface area (Å²) in [5.41, 5.74) is 1.32. The molecule has 0 aliphatic rings. The summed E-state index contributed by atoms with van der Waals surface area (Å²) in [6, 6.07) is 17.7. The SMILES string of the molecule is O=C(c1ccccc1)c1ccc(CNC(=O)c2cnc(-n3cccn3)[nH]c2=O)cc1. The lowest BCUT2D eigenvalue weighted by Crippen LogP contribution is -2.30. The third-order valence-electron chi connectivity index (χ3n) is 4.46. The van der Waals surface area contributed by atoms with Crippen molar-refractivity contribution in [3.8, 4) is 5.95 Å². The number of hydrogen-bond acceptors (Lipinski definition) is 5. The van der Waals surface area contributed by atoms with E-state index < -0.39 is 11.5 Å². The van der Waals surface area contributed by atoms with Gasteiger partial charge in [-0.2, -0.15) is 5.10 Å². The first-order valence-electron chi connectivity index (χ1n) is 9.18. The van der Waals surface area contributed by atoms with Gasteiger partial charge in [0.15, 0.2) is 5.78 Å². The smallest absolute Gasteiger partial charge is 0.265 e. The summed E-state index contributed by atoms with van der Waals surface area (Å²) in [5.74, 6) is -0.388. The van der Waals surface area contributed by atoms with Gasteiger partial charge in [0, 0.05) is 36.3 Å². The molecule has 0 saturated carbocycles. The van der Waals surface area contributed by atoms with Gasteiger partial charge in [0.05, 0.1) is 0 Å². The van der Waals surface area contributed by atoms with Gasteiger partial charge in [0.2, 0.25) is 5.95 Å². The lowest BCUT2D eigenvalue weighted by Gasteiger charge is -2.07. The summed E-state index contributed by atoms with van der Waals surface area (Å²) >= 11 is 0. The number of carbonyl (C=O) groups excluding carboxylic acids is 2. The Hall–Kier alpha value is -4.33. The fourth-order valence-electron chi connectivity index (χ4n) is 2.87. The number of carbonyl (C=O) groups is 2. The van der Waals surface area contributed by atoms with E-state index in [2.05, 4.69) is 20.4 Å². The molecule has 2 heterocycles. The fourth-order valence-corrected chi connectivity index (χ4v) is 2.87. The maximum atomic E-state index is 12.4. The first kappa shape index (κ1) is 19.0. The zero-order valence-corrected chi connectivity index (χ0v) is 15.8. The Morgan fingerprint density at radius 3 is 2.37 bits per heavy atom. The zero-order valence-electron chi connectivity index (χ0n) is 15.8. The summed E-state index contributed by atoms with van der Waals surface area (Å²) in [6.07, 6.45) is 4.40. The van der Waals surface area contributed by atoms with Gasteiger partial charge in [-0.15, -0.1) is 0 Å². The van der Waals surface area contributed by atoms with E-state index in [-0.39, 0.29) is 23.8 Å². The van der Waals surface area contributed by atoms with Crippen molar-refractivity contribution in [2.75, 3.05) is 0 Å². The zero-order chi connectivity index (χ0) is 20.9. The molecule has 2 aromatic carbocycles.